The van der Waals surface area contributed by atoms with Crippen molar-refractivity contribution in [1.82, 2.24) is 55.6 Å². The van der Waals surface area contributed by atoms with Crippen LogP contribution in [0.5, 0.6) is 0 Å². The number of nitrogens with one attached hydrogen (secondary N) is 4. The van der Waals surface area contributed by atoms with Gasteiger partial charge in [-0.3, -0.25) is 52.7 Å². The molecule has 27 heteroatoms. The molecule has 4 saturated carbocycles. The molecule has 3 heterocycles. The molecule has 1 spiro atoms. The molecule has 0 radical (unpaired) electrons. The molecule has 3 unspecified atom stereocenters. The average Bonchev–Trinajstić information content (AvgIpc) is 1.78. The van der Waals surface area contributed by atoms with Crippen molar-refractivity contribution in [2.24, 2.45) is 29.6 Å². The Morgan fingerprint density at radius 2 is 1.15 bits per heavy atom. The van der Waals surface area contributed by atoms with E-state index in [4.69, 9.17) is 23.2 Å². The molecule has 0 aromatic carbocycles. The predicted molar refractivity (Wildman–Crippen MR) is 343 cm³/mol. The topological polar surface area (TPSA) is 259 Å². The first-order chi connectivity index (χ1) is 43.7. The molecule has 3 aliphatic heterocycles. The van der Waals surface area contributed by atoms with Gasteiger partial charge in [0.1, 0.15) is 59.9 Å². The molecule has 22 nitrogen and oxygen atoms in total. The number of nitrogens with zero attached hydrogens (tertiary/aromatic N) is 7. The first-order valence-corrected chi connectivity index (χ1v) is 35.1. The highest BCUT2D eigenvalue weighted by molar-refractivity contribution is 6.21. The van der Waals surface area contributed by atoms with Gasteiger partial charge in [-0.15, -0.1) is 23.2 Å². The van der Waals surface area contributed by atoms with Gasteiger partial charge < -0.3 is 55.6 Å². The fourth-order valence-corrected chi connectivity index (χ4v) is 16.1. The summed E-state index contributed by atoms with van der Waals surface area (Å²) in [5.41, 5.74) is -1.47. The molecule has 0 aromatic heterocycles. The van der Waals surface area contributed by atoms with Crippen molar-refractivity contribution in [2.45, 2.75) is 272 Å². The lowest BCUT2D eigenvalue weighted by Gasteiger charge is -2.45. The summed E-state index contributed by atoms with van der Waals surface area (Å²) in [4.78, 5) is 171. The highest BCUT2D eigenvalue weighted by Crippen LogP contribution is 2.44. The van der Waals surface area contributed by atoms with Gasteiger partial charge in [0.25, 0.3) is 0 Å². The zero-order chi connectivity index (χ0) is 68.7. The average molecular weight is 1360 g/mol. The zero-order valence-corrected chi connectivity index (χ0v) is 58.0. The van der Waals surface area contributed by atoms with Crippen LogP contribution in [-0.2, 0) is 52.7 Å². The minimum Gasteiger partial charge on any atom is -0.351 e. The van der Waals surface area contributed by atoms with E-state index in [0.29, 0.717) is 64.2 Å². The fourth-order valence-electron chi connectivity index (χ4n) is 15.4. The number of fused-ring (bicyclic) bond motifs is 2. The zero-order valence-electron chi connectivity index (χ0n) is 56.5. The van der Waals surface area contributed by atoms with E-state index in [2.05, 4.69) is 21.3 Å². The van der Waals surface area contributed by atoms with Crippen molar-refractivity contribution in [3.63, 3.8) is 0 Å². The third-order valence-corrected chi connectivity index (χ3v) is 23.2. The molecule has 93 heavy (non-hydrogen) atoms. The number of alkyl halides is 5. The summed E-state index contributed by atoms with van der Waals surface area (Å²) in [6, 6.07) is -11.0. The minimum atomic E-state index is -4.50. The molecule has 7 aliphatic rings. The molecule has 524 valence electrons. The van der Waals surface area contributed by atoms with Gasteiger partial charge >= 0.3 is 6.18 Å². The normalized spacial score (nSPS) is 34.5. The number of carbonyl (C=O) groups excluding carboxylic acids is 11. The summed E-state index contributed by atoms with van der Waals surface area (Å²) in [5, 5.41) is 10.5. The van der Waals surface area contributed by atoms with E-state index in [9.17, 15) is 51.5 Å². The molecule has 0 aromatic rings. The second-order valence-corrected chi connectivity index (χ2v) is 29.6. The number of hydrogen-bond acceptors (Lipinski definition) is 11. The third kappa shape index (κ3) is 17.4. The Hall–Kier alpha value is -5.46. The molecular weight excluding hydrogens is 1250 g/mol. The molecule has 3 saturated heterocycles. The lowest BCUT2D eigenvalue weighted by atomic mass is 9.78. The van der Waals surface area contributed by atoms with E-state index >= 15 is 14.4 Å². The van der Waals surface area contributed by atoms with E-state index in [1.54, 1.807) is 20.9 Å². The maximum atomic E-state index is 15.2. The fraction of sp³-hybridized carbons (Fsp3) is 0.833. The van der Waals surface area contributed by atoms with Crippen molar-refractivity contribution in [3.8, 4) is 0 Å². The lowest BCUT2D eigenvalue weighted by Crippen LogP contribution is -2.65. The Bertz CT molecular complexity index is 2730. The van der Waals surface area contributed by atoms with Crippen LogP contribution in [0.2, 0.25) is 0 Å². The number of carbonyl (C=O) groups is 11. The van der Waals surface area contributed by atoms with Gasteiger partial charge in [0.15, 0.2) is 0 Å². The van der Waals surface area contributed by atoms with Crippen LogP contribution in [0, 0.1) is 29.6 Å². The number of amides is 11. The van der Waals surface area contributed by atoms with Gasteiger partial charge in [-0.1, -0.05) is 46.0 Å². The standard InChI is InChI=1S/C66H104Cl2F3N11O11/c1-12-37(2)53-63(92)78(9)41(6)59(88)82-33-29-50(82)61(90)79(10)51(36-43-21-25-45(67)26-22-43)62(91)77(8)40(5)55(84)73-48(28-24-42-23-27-46(47(68)35-42)66(69,70)71)60(89)81-32-17-20-49(81)57(86)75-65(30-15-16-31-65)64(93)80(11)54(44-18-13-14-19-44)58(87)72-38(3)34-52(83)76(7)39(4)56(85)74-53/h37-51,53-54H,12-36H2,1-11H3,(H,72,87)(H,73,84)(H,74,85)(H,75,86)/t37-,38+,39-,40+,41-,42?,43?,45?,46?,47?,48-,49-,50-,51-,53-,54-/m0/s1. The SMILES string of the molecule is CC[C@H](C)[C@@H]1NC(=O)[C@H](C)N(C)C(=O)C[C@@H](C)NC(=O)[C@H](C2CCCC2)N(C)C(=O)C2(CCCC2)NC(=O)[C@@H]2CCCN2C(=O)[C@H](CCC2CCC(C(F)(F)F)C(Cl)C2)NC(=O)[C@@H](C)N(C)C(=O)[C@H](CC2CCC(Cl)CC2)N(C)C(=O)[C@@H]2CCN2C(=O)[C@H](C)N(C)C1=O. The second kappa shape index (κ2) is 32.1. The van der Waals surface area contributed by atoms with Crippen molar-refractivity contribution in [2.75, 3.05) is 48.3 Å². The van der Waals surface area contributed by atoms with Crippen LogP contribution in [0.15, 0.2) is 0 Å². The maximum absolute atomic E-state index is 15.2. The summed E-state index contributed by atoms with van der Waals surface area (Å²) < 4.78 is 41.9. The molecule has 7 rings (SSSR count). The predicted octanol–water partition coefficient (Wildman–Crippen LogP) is 5.87. The van der Waals surface area contributed by atoms with Crippen LogP contribution < -0.4 is 21.3 Å². The van der Waals surface area contributed by atoms with Gasteiger partial charge in [-0.05, 0) is 161 Å². The monoisotopic (exact) mass is 1350 g/mol. The van der Waals surface area contributed by atoms with Crippen molar-refractivity contribution in [1.29, 1.82) is 0 Å². The van der Waals surface area contributed by atoms with Crippen LogP contribution in [0.4, 0.5) is 13.2 Å². The Kier molecular flexibility index (Phi) is 25.8. The largest absolute Gasteiger partial charge is 0.393 e. The first-order valence-electron chi connectivity index (χ1n) is 34.2. The summed E-state index contributed by atoms with van der Waals surface area (Å²) >= 11 is 12.9. The lowest BCUT2D eigenvalue weighted by molar-refractivity contribution is -0.182. The van der Waals surface area contributed by atoms with Crippen LogP contribution in [0.3, 0.4) is 0 Å². The Balaban J connectivity index is 1.23. The van der Waals surface area contributed by atoms with Gasteiger partial charge in [-0.25, -0.2) is 0 Å². The quantitative estimate of drug-likeness (QED) is 0.209. The van der Waals surface area contributed by atoms with Gasteiger partial charge in [0, 0.05) is 71.5 Å². The number of rotatable bonds is 8. The Morgan fingerprint density at radius 1 is 0.559 bits per heavy atom. The molecule has 14 atom stereocenters. The van der Waals surface area contributed by atoms with E-state index in [1.165, 1.54) is 83.3 Å². The molecule has 0 bridgehead atoms. The van der Waals surface area contributed by atoms with Crippen molar-refractivity contribution in [3.05, 3.63) is 0 Å². The van der Waals surface area contributed by atoms with Gasteiger partial charge in [0.05, 0.1) is 5.92 Å². The Labute approximate surface area is 557 Å². The second-order valence-electron chi connectivity index (χ2n) is 28.4. The van der Waals surface area contributed by atoms with E-state index in [0.717, 1.165) is 12.8 Å². The number of hydrogen-bond donors (Lipinski definition) is 4. The molecular formula is C66H104Cl2F3N11O11. The number of halogens is 5. The molecule has 7 fully saturated rings. The third-order valence-electron chi connectivity index (χ3n) is 22.3. The van der Waals surface area contributed by atoms with Gasteiger partial charge in [-0.2, -0.15) is 13.2 Å². The Morgan fingerprint density at radius 3 is 1.74 bits per heavy atom. The van der Waals surface area contributed by atoms with E-state index in [-0.39, 0.29) is 107 Å². The maximum Gasteiger partial charge on any atom is 0.393 e. The smallest absolute Gasteiger partial charge is 0.351 e. The summed E-state index contributed by atoms with van der Waals surface area (Å²) in [6.45, 7) is 10.0. The highest BCUT2D eigenvalue weighted by atomic mass is 35.5. The number of likely N-dealkylation sites (N-methyl/N-ethyl adjacent to an activating group) is 5. The van der Waals surface area contributed by atoms with E-state index in [1.807, 2.05) is 6.92 Å². The highest BCUT2D eigenvalue weighted by Gasteiger charge is 2.52. The van der Waals surface area contributed by atoms with Crippen LogP contribution in [-0.4, -0.2) is 230 Å². The van der Waals surface area contributed by atoms with Gasteiger partial charge in [0.2, 0.25) is 65.0 Å². The first kappa shape index (κ1) is 74.9. The van der Waals surface area contributed by atoms with Crippen LogP contribution in [0.25, 0.3) is 0 Å². The summed E-state index contributed by atoms with van der Waals surface area (Å²) in [7, 11) is 7.33. The molecule has 4 aliphatic carbocycles. The minimum absolute atomic E-state index is 0.00875. The summed E-state index contributed by atoms with van der Waals surface area (Å²) in [5.74, 6) is -9.20. The van der Waals surface area contributed by atoms with E-state index < -0.39 is 154 Å². The van der Waals surface area contributed by atoms with Crippen LogP contribution in [0.1, 0.15) is 189 Å². The van der Waals surface area contributed by atoms with Crippen LogP contribution >= 0.6 is 23.2 Å². The molecule has 4 N–H and O–H groups in total. The van der Waals surface area contributed by atoms with Crippen molar-refractivity contribution >= 4 is 88.2 Å². The molecule has 11 amide bonds. The summed E-state index contributed by atoms with van der Waals surface area (Å²) in [6.07, 6.45) is 4.01. The van der Waals surface area contributed by atoms with Crippen molar-refractivity contribution < 1.29 is 65.9 Å².